The van der Waals surface area contributed by atoms with E-state index in [4.69, 9.17) is 47.4 Å². The van der Waals surface area contributed by atoms with Crippen molar-refractivity contribution in [1.82, 2.24) is 0 Å². The molecule has 4 aliphatic heterocycles. The molecule has 2 aromatic rings. The van der Waals surface area contributed by atoms with Crippen LogP contribution >= 0.6 is 0 Å². The molecule has 4 heterocycles. The number of azide groups is 4. The van der Waals surface area contributed by atoms with Gasteiger partial charge in [0.2, 0.25) is 0 Å². The molecule has 24 nitrogen and oxygen atoms in total. The van der Waals surface area contributed by atoms with Crippen molar-refractivity contribution in [2.45, 2.75) is 168 Å². The van der Waals surface area contributed by atoms with E-state index in [1.54, 1.807) is 60.7 Å². The Morgan fingerprint density at radius 3 is 1.79 bits per heavy atom. The molecule has 67 heavy (non-hydrogen) atoms. The molecule has 3 saturated carbocycles. The highest BCUT2D eigenvalue weighted by Crippen LogP contribution is 2.49. The van der Waals surface area contributed by atoms with Gasteiger partial charge in [-0.25, -0.2) is 9.59 Å². The van der Waals surface area contributed by atoms with Crippen LogP contribution in [0.4, 0.5) is 0 Å². The van der Waals surface area contributed by atoms with Gasteiger partial charge in [-0.2, -0.15) is 0 Å². The van der Waals surface area contributed by atoms with Gasteiger partial charge >= 0.3 is 11.9 Å². The van der Waals surface area contributed by atoms with Crippen molar-refractivity contribution in [3.8, 4) is 0 Å². The normalized spacial score (nSPS) is 35.8. The molecule has 14 atom stereocenters. The lowest BCUT2D eigenvalue weighted by atomic mass is 9.84. The van der Waals surface area contributed by atoms with Crippen molar-refractivity contribution >= 4 is 11.9 Å². The van der Waals surface area contributed by atoms with E-state index in [0.29, 0.717) is 25.7 Å². The first-order chi connectivity index (χ1) is 32.8. The van der Waals surface area contributed by atoms with Crippen molar-refractivity contribution in [2.24, 2.45) is 20.5 Å². The summed E-state index contributed by atoms with van der Waals surface area (Å²) in [5.41, 5.74) is 39.4. The van der Waals surface area contributed by atoms with Gasteiger partial charge in [0.05, 0.1) is 48.6 Å². The Bertz CT molecular complexity index is 2280. The zero-order valence-electron chi connectivity index (χ0n) is 36.3. The van der Waals surface area contributed by atoms with Gasteiger partial charge in [0, 0.05) is 45.3 Å². The van der Waals surface area contributed by atoms with E-state index < -0.39 is 109 Å². The standard InChI is InChI=1S/C43H50N12O12/c44-52-48-22-28-33(61-38(56)24-13-5-1-6-14-24)37(62-39(57)25-15-7-2-8-16-25)41(59-28)64-35-30(51-55-47)40(60-29-23-58-42(66-34(29)35)17-9-3-10-18-42)63-31-26(49-53-45)21-27(50-54-46)32-36(31)67-43(65-32)19-11-4-12-20-43/h1-2,5-8,13-16,26-37,40-41H,3-4,9-12,17-23H2/t26?,27-,28-,29?,30?,31-,32-,33?,34-,35-,36?,37+,40-,41+/m1/s1. The van der Waals surface area contributed by atoms with Crippen LogP contribution in [0.2, 0.25) is 0 Å². The Morgan fingerprint density at radius 1 is 0.597 bits per heavy atom. The van der Waals surface area contributed by atoms with E-state index in [1.165, 1.54) is 0 Å². The van der Waals surface area contributed by atoms with Crippen LogP contribution < -0.4 is 0 Å². The first-order valence-electron chi connectivity index (χ1n) is 22.7. The number of carbonyl (C=O) groups is 2. The summed E-state index contributed by atoms with van der Waals surface area (Å²) in [4.78, 5) is 39.8. The number of esters is 2. The predicted molar refractivity (Wildman–Crippen MR) is 228 cm³/mol. The summed E-state index contributed by atoms with van der Waals surface area (Å²) in [5, 5.41) is 16.0. The molecule has 0 aromatic heterocycles. The number of nitrogens with zero attached hydrogens (tertiary/aromatic N) is 12. The molecule has 354 valence electrons. The molecule has 0 N–H and O–H groups in total. The van der Waals surface area contributed by atoms with Gasteiger partial charge in [0.1, 0.15) is 36.6 Å². The van der Waals surface area contributed by atoms with E-state index in [-0.39, 0.29) is 30.7 Å². The van der Waals surface area contributed by atoms with Gasteiger partial charge in [0.25, 0.3) is 0 Å². The summed E-state index contributed by atoms with van der Waals surface area (Å²) in [6.45, 7) is -0.368. The van der Waals surface area contributed by atoms with Crippen LogP contribution in [0.3, 0.4) is 0 Å². The average Bonchev–Trinajstić information content (AvgIpc) is 3.88. The quantitative estimate of drug-likeness (QED) is 0.0800. The Hall–Kier alpha value is -5.70. The summed E-state index contributed by atoms with van der Waals surface area (Å²) in [6, 6.07) is 13.1. The number of carbonyl (C=O) groups excluding carboxylic acids is 2. The molecule has 24 heteroatoms. The van der Waals surface area contributed by atoms with Crippen LogP contribution in [0.25, 0.3) is 41.8 Å². The van der Waals surface area contributed by atoms with E-state index in [1.807, 2.05) is 0 Å². The van der Waals surface area contributed by atoms with Crippen molar-refractivity contribution in [2.75, 3.05) is 13.2 Å². The summed E-state index contributed by atoms with van der Waals surface area (Å²) in [7, 11) is 0. The topological polar surface area (TPSA) is 321 Å². The third kappa shape index (κ3) is 9.84. The van der Waals surface area contributed by atoms with E-state index in [0.717, 1.165) is 38.5 Å². The second-order valence-corrected chi connectivity index (χ2v) is 17.6. The minimum absolute atomic E-state index is 0.000318. The van der Waals surface area contributed by atoms with Crippen molar-refractivity contribution in [1.29, 1.82) is 0 Å². The highest BCUT2D eigenvalue weighted by molar-refractivity contribution is 5.90. The van der Waals surface area contributed by atoms with Crippen molar-refractivity contribution < 1.29 is 57.0 Å². The van der Waals surface area contributed by atoms with Gasteiger partial charge in [-0.1, -0.05) is 69.7 Å². The fraction of sp³-hybridized carbons (Fsp3) is 0.674. The number of hydrogen-bond donors (Lipinski definition) is 0. The third-order valence-corrected chi connectivity index (χ3v) is 13.6. The zero-order valence-corrected chi connectivity index (χ0v) is 36.3. The first kappa shape index (κ1) is 46.4. The smallest absolute Gasteiger partial charge is 0.338 e. The molecule has 3 aliphatic carbocycles. The predicted octanol–water partition coefficient (Wildman–Crippen LogP) is 7.93. The minimum atomic E-state index is -1.58. The Balaban J connectivity index is 1.09. The lowest BCUT2D eigenvalue weighted by Gasteiger charge is -2.53. The lowest BCUT2D eigenvalue weighted by molar-refractivity contribution is -0.398. The molecule has 4 saturated heterocycles. The average molecular weight is 927 g/mol. The Labute approximate surface area is 383 Å². The molecule has 2 spiro atoms. The van der Waals surface area contributed by atoms with Crippen LogP contribution in [0, 0.1) is 0 Å². The van der Waals surface area contributed by atoms with Gasteiger partial charge < -0.3 is 47.4 Å². The molecular formula is C43H50N12O12. The Kier molecular flexibility index (Phi) is 14.3. The van der Waals surface area contributed by atoms with Crippen molar-refractivity contribution in [3.63, 3.8) is 0 Å². The van der Waals surface area contributed by atoms with Crippen LogP contribution in [0.15, 0.2) is 81.1 Å². The largest absolute Gasteiger partial charge is 0.452 e. The lowest BCUT2D eigenvalue weighted by Crippen LogP contribution is -2.68. The van der Waals surface area contributed by atoms with Crippen molar-refractivity contribution in [3.05, 3.63) is 114 Å². The van der Waals surface area contributed by atoms with Gasteiger partial charge in [-0.3, -0.25) is 0 Å². The summed E-state index contributed by atoms with van der Waals surface area (Å²) < 4.78 is 65.6. The number of ether oxygens (including phenoxy) is 10. The van der Waals surface area contributed by atoms with E-state index in [9.17, 15) is 31.7 Å². The fourth-order valence-corrected chi connectivity index (χ4v) is 10.5. The SMILES string of the molecule is [N-]=[N+]=NC[C@H]1O[C@@H](O[C@@H]2C(N=[N+]=[N-])[C@@H](O[C@@H]3C(N=[N+]=[N-])C[C@@H](N=[N+]=[N-])[C@H]4OC5(CCCCC5)OC34)OC3COC4(CCCCC4)O[C@H]32)[C@@H](OC(=O)c2ccccc2)C1OC(=O)c1ccccc1. The molecule has 0 radical (unpaired) electrons. The summed E-state index contributed by atoms with van der Waals surface area (Å²) in [6.07, 6.45) is -5.59. The second kappa shape index (κ2) is 20.7. The van der Waals surface area contributed by atoms with Gasteiger partial charge in [-0.05, 0) is 78.5 Å². The molecular weight excluding hydrogens is 877 g/mol. The van der Waals surface area contributed by atoms with E-state index >= 15 is 0 Å². The molecule has 0 bridgehead atoms. The molecule has 5 unspecified atom stereocenters. The number of benzene rings is 2. The number of hydrogen-bond acceptors (Lipinski definition) is 16. The summed E-state index contributed by atoms with van der Waals surface area (Å²) >= 11 is 0. The monoisotopic (exact) mass is 926 g/mol. The maximum Gasteiger partial charge on any atom is 0.338 e. The Morgan fingerprint density at radius 2 is 1.16 bits per heavy atom. The minimum Gasteiger partial charge on any atom is -0.452 e. The number of rotatable bonds is 13. The molecule has 7 aliphatic rings. The maximum absolute atomic E-state index is 13.9. The fourth-order valence-electron chi connectivity index (χ4n) is 10.5. The zero-order chi connectivity index (χ0) is 46.4. The second-order valence-electron chi connectivity index (χ2n) is 17.6. The molecule has 9 rings (SSSR count). The molecule has 0 amide bonds. The maximum atomic E-state index is 13.9. The van der Waals surface area contributed by atoms with Gasteiger partial charge in [-0.15, -0.1) is 0 Å². The van der Waals surface area contributed by atoms with Crippen LogP contribution in [0.5, 0.6) is 0 Å². The van der Waals surface area contributed by atoms with Gasteiger partial charge in [0.15, 0.2) is 36.4 Å². The van der Waals surface area contributed by atoms with Crippen LogP contribution in [0.1, 0.15) is 91.3 Å². The molecule has 7 fully saturated rings. The third-order valence-electron chi connectivity index (χ3n) is 13.6. The summed E-state index contributed by atoms with van der Waals surface area (Å²) in [5.74, 6) is -3.61. The first-order valence-corrected chi connectivity index (χ1v) is 22.7. The number of fused-ring (bicyclic) bond motifs is 2. The van der Waals surface area contributed by atoms with Crippen LogP contribution in [-0.2, 0) is 47.4 Å². The highest BCUT2D eigenvalue weighted by atomic mass is 16.8. The van der Waals surface area contributed by atoms with Crippen LogP contribution in [-0.4, -0.2) is 122 Å². The highest BCUT2D eigenvalue weighted by Gasteiger charge is 2.62. The van der Waals surface area contributed by atoms with E-state index in [2.05, 4.69) is 40.1 Å². The molecule has 2 aromatic carbocycles.